The molecule has 0 atom stereocenters. The van der Waals surface area contributed by atoms with Crippen molar-refractivity contribution in [1.29, 1.82) is 0 Å². The summed E-state index contributed by atoms with van der Waals surface area (Å²) in [6.45, 7) is 0. The summed E-state index contributed by atoms with van der Waals surface area (Å²) < 4.78 is 233. The molecule has 0 fully saturated rings. The van der Waals surface area contributed by atoms with Crippen molar-refractivity contribution in [3.63, 3.8) is 0 Å². The van der Waals surface area contributed by atoms with E-state index in [9.17, 15) is 85.8 Å². The normalized spacial score (nSPS) is 14.6. The minimum absolute atomic E-state index is 0.0345. The molecule has 0 aliphatic heterocycles. The van der Waals surface area contributed by atoms with Crippen LogP contribution in [-0.2, 0) is 4.74 Å². The van der Waals surface area contributed by atoms with Crippen molar-refractivity contribution in [2.75, 3.05) is 18.2 Å². The highest BCUT2D eigenvalue weighted by molar-refractivity contribution is 8.46. The van der Waals surface area contributed by atoms with Crippen molar-refractivity contribution < 1.29 is 85.8 Å². The van der Waals surface area contributed by atoms with Crippen LogP contribution in [0.3, 0.4) is 0 Å². The number of rotatable bonds is 7. The van der Waals surface area contributed by atoms with Gasteiger partial charge in [0.2, 0.25) is 0 Å². The molecule has 1 aromatic heterocycles. The first-order valence-corrected chi connectivity index (χ1v) is 25.7. The Bertz CT molecular complexity index is 3270. The first-order chi connectivity index (χ1) is 31.7. The fourth-order valence-electron chi connectivity index (χ4n) is 5.26. The van der Waals surface area contributed by atoms with E-state index in [1.54, 1.807) is 0 Å². The summed E-state index contributed by atoms with van der Waals surface area (Å²) in [7, 11) is -28.0. The number of amides is 1. The van der Waals surface area contributed by atoms with Crippen LogP contribution in [0.5, 0.6) is 0 Å². The average molecular weight is 1150 g/mol. The fraction of sp³-hybridized carbons (Fsp3) is 0.0250. The van der Waals surface area contributed by atoms with Gasteiger partial charge in [0.05, 0.1) is 34.0 Å². The summed E-state index contributed by atoms with van der Waals surface area (Å²) in [5.74, 6) is -3.48. The highest BCUT2D eigenvalue weighted by Crippen LogP contribution is 3.03. The molecule has 0 spiro atoms. The standard InChI is InChI=1S/C13H7F6NOS2.C13H9F6NOS2.C8H7FO2S.C6H6F5NS/c14-8-4-5-12-11(6-8)13(21)20(22-12)9-2-1-3-10(7-9)23(15,16,17,18)19;14-8-4-5-12(22)11(6-8)13(21)20-9-2-1-3-10(7-9)23(15,16,17,18)19;1-11-8(10)6-4-5(9)2-3-7(6)12;7-13(8,9,10,11)6-3-1-2-5(12)4-6/h1-7H;1-7,22H,(H,20,21);2-4,12H,1H3;1-4H,12H2. The fourth-order valence-corrected chi connectivity index (χ4v) is 8.76. The lowest BCUT2D eigenvalue weighted by molar-refractivity contribution is 0.0595. The second-order valence-electron chi connectivity index (χ2n) is 14.1. The molecule has 71 heavy (non-hydrogen) atoms. The van der Waals surface area contributed by atoms with E-state index in [4.69, 9.17) is 5.73 Å². The summed E-state index contributed by atoms with van der Waals surface area (Å²) in [6.07, 6.45) is 0. The van der Waals surface area contributed by atoms with Crippen LogP contribution in [0.15, 0.2) is 157 Å². The Balaban J connectivity index is 0.000000214. The number of ether oxygens (including phenoxy) is 1. The van der Waals surface area contributed by atoms with E-state index in [-0.39, 0.29) is 63.1 Å². The largest absolute Gasteiger partial charge is 0.465 e. The van der Waals surface area contributed by atoms with Gasteiger partial charge in [-0.15, -0.1) is 25.3 Å². The average Bonchev–Trinajstić information content (AvgIpc) is 3.55. The van der Waals surface area contributed by atoms with Crippen LogP contribution in [0.2, 0.25) is 0 Å². The number of esters is 1. The van der Waals surface area contributed by atoms with Gasteiger partial charge in [-0.2, -0.15) is 0 Å². The van der Waals surface area contributed by atoms with Gasteiger partial charge in [0, 0.05) is 21.2 Å². The molecule has 6 aromatic carbocycles. The van der Waals surface area contributed by atoms with Crippen LogP contribution < -0.4 is 16.6 Å². The minimum atomic E-state index is -9.85. The molecule has 1 heterocycles. The SMILES string of the molecule is COC(=O)c1cc(F)ccc1S.Nc1cccc(S(F)(F)(F)(F)F)c1.O=C(Nc1cccc(S(F)(F)(F)(F)F)c1)c1cc(F)ccc1S.O=c1c2cc(F)ccc2sn1-c1cccc(S(F)(F)(F)(F)F)c1. The molecule has 390 valence electrons. The molecule has 0 aliphatic rings. The Labute approximate surface area is 403 Å². The van der Waals surface area contributed by atoms with Crippen LogP contribution in [0.4, 0.5) is 82.8 Å². The number of benzene rings is 6. The zero-order valence-electron chi connectivity index (χ0n) is 34.6. The highest BCUT2D eigenvalue weighted by Gasteiger charge is 2.67. The molecule has 0 aliphatic carbocycles. The molecule has 7 aromatic rings. The van der Waals surface area contributed by atoms with E-state index < -0.39 is 85.9 Å². The summed E-state index contributed by atoms with van der Waals surface area (Å²) in [4.78, 5) is 29.3. The number of aromatic nitrogens is 1. The van der Waals surface area contributed by atoms with Gasteiger partial charge in [-0.25, -0.2) is 21.9 Å². The van der Waals surface area contributed by atoms with Gasteiger partial charge in [0.25, 0.3) is 11.5 Å². The van der Waals surface area contributed by atoms with Crippen molar-refractivity contribution in [3.05, 3.63) is 166 Å². The number of anilines is 2. The number of nitrogens with zero attached hydrogens (tertiary/aromatic N) is 1. The van der Waals surface area contributed by atoms with Gasteiger partial charge in [0.1, 0.15) is 32.1 Å². The number of nitrogens with two attached hydrogens (primary N) is 1. The number of thiol groups is 2. The smallest absolute Gasteiger partial charge is 0.339 e. The second-order valence-corrected chi connectivity index (χ2v) is 23.3. The number of methoxy groups -OCH3 is 1. The van der Waals surface area contributed by atoms with Crippen molar-refractivity contribution in [2.24, 2.45) is 0 Å². The van der Waals surface area contributed by atoms with Crippen LogP contribution in [0.25, 0.3) is 15.8 Å². The number of hydrogen-bond donors (Lipinski definition) is 4. The van der Waals surface area contributed by atoms with Crippen LogP contribution >= 0.6 is 67.5 Å². The Kier molecular flexibility index (Phi) is 14.5. The maximum absolute atomic E-state index is 13.2. The Morgan fingerprint density at radius 3 is 1.49 bits per heavy atom. The van der Waals surface area contributed by atoms with Gasteiger partial charge >= 0.3 is 36.6 Å². The van der Waals surface area contributed by atoms with Crippen LogP contribution in [0.1, 0.15) is 20.7 Å². The van der Waals surface area contributed by atoms with Gasteiger partial charge in [0.15, 0.2) is 0 Å². The van der Waals surface area contributed by atoms with Gasteiger partial charge < -0.3 is 15.8 Å². The van der Waals surface area contributed by atoms with E-state index in [2.05, 4.69) is 30.0 Å². The van der Waals surface area contributed by atoms with Crippen LogP contribution in [-0.4, -0.2) is 22.9 Å². The van der Waals surface area contributed by atoms with Crippen molar-refractivity contribution in [2.45, 2.75) is 24.5 Å². The van der Waals surface area contributed by atoms with Gasteiger partial charge in [-0.3, -0.25) is 9.59 Å². The predicted octanol–water partition coefficient (Wildman–Crippen LogP) is 17.7. The number of carbonyl (C=O) groups excluding carboxylic acids is 2. The number of fused-ring (bicyclic) bond motifs is 1. The van der Waals surface area contributed by atoms with Crippen molar-refractivity contribution in [3.8, 4) is 5.69 Å². The number of halogens is 18. The topological polar surface area (TPSA) is 103 Å². The molecule has 1 amide bonds. The molecular weight excluding hydrogens is 1120 g/mol. The second kappa shape index (κ2) is 17.8. The molecule has 31 heteroatoms. The van der Waals surface area contributed by atoms with Gasteiger partial charge in [-0.05, 0) is 109 Å². The Morgan fingerprint density at radius 1 is 0.563 bits per heavy atom. The van der Waals surface area contributed by atoms with Crippen molar-refractivity contribution in [1.82, 2.24) is 3.96 Å². The molecule has 0 radical (unpaired) electrons. The molecular formula is C40H29F18N3O4S6. The monoisotopic (exact) mass is 1150 g/mol. The third kappa shape index (κ3) is 16.4. The Morgan fingerprint density at radius 2 is 1.00 bits per heavy atom. The predicted molar refractivity (Wildman–Crippen MR) is 245 cm³/mol. The highest BCUT2D eigenvalue weighted by atomic mass is 32.5. The quantitative estimate of drug-likeness (QED) is 0.0551. The zero-order valence-corrected chi connectivity index (χ0v) is 39.7. The lowest BCUT2D eigenvalue weighted by Gasteiger charge is -2.40. The number of nitrogen functional groups attached to an aromatic ring is 1. The molecule has 0 bridgehead atoms. The van der Waals surface area contributed by atoms with E-state index in [1.165, 1.54) is 31.4 Å². The lowest BCUT2D eigenvalue weighted by atomic mass is 10.2. The molecule has 3 N–H and O–H groups in total. The number of carbonyl (C=O) groups is 2. The lowest BCUT2D eigenvalue weighted by Crippen LogP contribution is -2.14. The molecule has 0 saturated carbocycles. The number of hydrogen-bond acceptors (Lipinski definition) is 8. The first-order valence-electron chi connectivity index (χ1n) is 18.2. The summed E-state index contributed by atoms with van der Waals surface area (Å²) in [5, 5.41) is 1.97. The summed E-state index contributed by atoms with van der Waals surface area (Å²) in [6, 6.07) is 17.0. The first kappa shape index (κ1) is 57.8. The minimum Gasteiger partial charge on any atom is -0.465 e. The molecule has 0 saturated heterocycles. The number of nitrogens with one attached hydrogen (secondary N) is 1. The maximum Gasteiger partial charge on any atom is 0.339 e. The zero-order chi connectivity index (χ0) is 54.2. The molecule has 7 nitrogen and oxygen atoms in total. The summed E-state index contributed by atoms with van der Waals surface area (Å²) in [5.41, 5.74) is 2.88. The third-order valence-corrected chi connectivity index (χ3v) is 13.8. The summed E-state index contributed by atoms with van der Waals surface area (Å²) >= 11 is 8.63. The van der Waals surface area contributed by atoms with Crippen LogP contribution in [0, 0.1) is 17.5 Å². The van der Waals surface area contributed by atoms with E-state index in [0.29, 0.717) is 15.7 Å². The van der Waals surface area contributed by atoms with E-state index >= 15 is 0 Å². The molecule has 0 unspecified atom stereocenters. The Hall–Kier alpha value is -5.76. The third-order valence-electron chi connectivity index (χ3n) is 8.45. The van der Waals surface area contributed by atoms with E-state index in [1.807, 2.05) is 5.32 Å². The van der Waals surface area contributed by atoms with Gasteiger partial charge in [-0.1, -0.05) is 88.0 Å². The molecule has 7 rings (SSSR count). The van der Waals surface area contributed by atoms with Crippen molar-refractivity contribution >= 4 is 101 Å². The maximum atomic E-state index is 13.2. The van der Waals surface area contributed by atoms with E-state index in [0.717, 1.165) is 82.2 Å².